The van der Waals surface area contributed by atoms with Crippen LogP contribution in [0.1, 0.15) is 114 Å². The number of primary sulfonamides is 1. The summed E-state index contributed by atoms with van der Waals surface area (Å²) in [6.45, 7) is 18.9. The van der Waals surface area contributed by atoms with E-state index in [2.05, 4.69) is 64.6 Å². The number of aryl methyl sites for hydroxylation is 5. The molecule has 0 spiro atoms. The SMILES string of the molecule is C=S(N)(=O)c1ccccc1N1CCN(C(=O)c2cc(NC3CCN(c4ccccc4C#N)CC3)c(C)cc2OC)CC1.Cc1cc(C)c(C(=O)N2CCN(c3cc(F)c(F)cc3S(N)(=O)=O)CC2)cc1NC1CCN(c2ccccc2C#N)CC1.Cc1cc(C)c(C(=O)N2CCN(c3ncccc3F)[C@H](CO)C2)cc1NC1CCN(c2ccccc2C#N)CC1. The van der Waals surface area contributed by atoms with Gasteiger partial charge < -0.3 is 69.9 Å². The smallest absolute Gasteiger partial charge is 0.257 e. The number of pyridine rings is 1. The van der Waals surface area contributed by atoms with Gasteiger partial charge in [0, 0.05) is 170 Å². The minimum absolute atomic E-state index is 0.0198. The number of amides is 3. The second-order valence-corrected chi connectivity index (χ2v) is 36.0. The molecule has 6 aliphatic rings. The van der Waals surface area contributed by atoms with Crippen LogP contribution in [0.15, 0.2) is 174 Å². The molecule has 8 aromatic carbocycles. The summed E-state index contributed by atoms with van der Waals surface area (Å²) in [7, 11) is -5.57. The lowest BCUT2D eigenvalue weighted by Crippen LogP contribution is -2.56. The zero-order valence-electron chi connectivity index (χ0n) is 71.3. The Bertz CT molecular complexity index is 5830. The third-order valence-corrected chi connectivity index (χ3v) is 26.4. The molecule has 0 radical (unpaired) electrons. The van der Waals surface area contributed by atoms with Crippen LogP contribution in [0, 0.1) is 86.1 Å². The molecule has 26 nitrogen and oxygen atoms in total. The number of nitrogens with two attached hydrogens (primary N) is 2. The number of nitriles is 3. The summed E-state index contributed by atoms with van der Waals surface area (Å²) in [5.74, 6) is 1.18. The van der Waals surface area contributed by atoms with Crippen molar-refractivity contribution in [2.75, 3.05) is 170 Å². The van der Waals surface area contributed by atoms with E-state index in [4.69, 9.17) is 15.0 Å². The normalized spacial score (nSPS) is 17.2. The maximum atomic E-state index is 14.4. The summed E-state index contributed by atoms with van der Waals surface area (Å²) >= 11 is 0. The van der Waals surface area contributed by atoms with Gasteiger partial charge in [-0.1, -0.05) is 60.7 Å². The van der Waals surface area contributed by atoms with Crippen molar-refractivity contribution in [3.63, 3.8) is 0 Å². The molecule has 15 rings (SSSR count). The number of methoxy groups -OCH3 is 1. The van der Waals surface area contributed by atoms with Crippen LogP contribution in [0.25, 0.3) is 0 Å². The molecule has 6 aliphatic heterocycles. The standard InChI is InChI=1S/C32H38N6O3S.C31H34F2N6O3S.C31H35FN6O2/c1-23-20-30(41-2)26(21-27(23)35-25-12-14-36(15-13-25)28-9-5-4-8-24(28)22-33)32(39)38-18-16-37(17-19-38)29-10-6-7-11-31(29)42(3,34)40;1-20-15-21(2)27(36-23-7-9-37(10-8-23)28-6-4-3-5-22(28)19-34)16-24(20)31(40)39-13-11-38(12-14-39)29-17-25(32)26(33)18-30(29)43(35,41)42;1-21-16-22(2)28(35-24-9-12-36(13-10-24)29-8-4-3-6-23(29)18-33)17-26(21)31(40)37-14-15-38(25(19-37)20-39)30-27(32)7-5-11-34-30/h4-11,20-21,25,35H,3,12-19H2,1-2H3,(H2,34,40);3-6,15-18,23,36H,7-14H2,1-2H3,(H2,35,41,42);3-8,11,16-17,24-25,35,39H,9-10,12-15,19-20H2,1-2H3/t;;25-/m..0/s1. The fourth-order valence-corrected chi connectivity index (χ4v) is 19.1. The number of piperidine rings is 3. The molecule has 3 amide bonds. The lowest BCUT2D eigenvalue weighted by molar-refractivity contribution is 0.0695. The van der Waals surface area contributed by atoms with Gasteiger partial charge in [-0.25, -0.2) is 35.9 Å². The first-order valence-electron chi connectivity index (χ1n) is 42.1. The number of rotatable bonds is 19. The van der Waals surface area contributed by atoms with Gasteiger partial charge in [-0.05, 0) is 198 Å². The molecule has 125 heavy (non-hydrogen) atoms. The van der Waals surface area contributed by atoms with Crippen molar-refractivity contribution in [3.8, 4) is 24.0 Å². The van der Waals surface area contributed by atoms with Gasteiger partial charge >= 0.3 is 0 Å². The average Bonchev–Trinajstić information content (AvgIpc) is 0.785. The number of benzene rings is 8. The van der Waals surface area contributed by atoms with Crippen molar-refractivity contribution in [1.82, 2.24) is 19.7 Å². The van der Waals surface area contributed by atoms with E-state index < -0.39 is 48.1 Å². The first kappa shape index (κ1) is 90.2. The first-order chi connectivity index (χ1) is 60.0. The number of aromatic nitrogens is 1. The number of piperazine rings is 3. The van der Waals surface area contributed by atoms with Gasteiger partial charge in [0.1, 0.15) is 28.9 Å². The van der Waals surface area contributed by atoms with Crippen molar-refractivity contribution >= 4 is 94.6 Å². The van der Waals surface area contributed by atoms with E-state index in [1.165, 1.54) is 18.3 Å². The molecular formula is C94H107F3N18O8S2. The molecule has 1 unspecified atom stereocenters. The number of anilines is 9. The number of carbonyl (C=O) groups is 3. The zero-order valence-corrected chi connectivity index (χ0v) is 72.9. The highest BCUT2D eigenvalue weighted by Crippen LogP contribution is 2.37. The molecule has 6 fully saturated rings. The van der Waals surface area contributed by atoms with Crippen molar-refractivity contribution in [2.45, 2.75) is 107 Å². The number of aliphatic hydroxyl groups is 1. The highest BCUT2D eigenvalue weighted by atomic mass is 32.2. The number of nitrogens with one attached hydrogen (secondary N) is 3. The number of hydrogen-bond acceptors (Lipinski definition) is 21. The summed E-state index contributed by atoms with van der Waals surface area (Å²) in [6.07, 6.45) is 6.96. The quantitative estimate of drug-likeness (QED) is 0.0410. The van der Waals surface area contributed by atoms with Crippen LogP contribution >= 0.6 is 0 Å². The molecule has 2 atom stereocenters. The Hall–Kier alpha value is -12.6. The number of nitrogens with zero attached hydrogens (tertiary/aromatic N) is 13. The average molecular weight is 1740 g/mol. The van der Waals surface area contributed by atoms with E-state index in [0.29, 0.717) is 89.4 Å². The van der Waals surface area contributed by atoms with Gasteiger partial charge in [-0.3, -0.25) is 19.5 Å². The van der Waals surface area contributed by atoms with E-state index in [1.807, 2.05) is 167 Å². The fraction of sp³-hybridized carbons (Fsp3) is 0.362. The molecular weight excluding hydrogens is 1630 g/mol. The third-order valence-electron chi connectivity index (χ3n) is 24.4. The van der Waals surface area contributed by atoms with Gasteiger partial charge in [0.05, 0.1) is 85.1 Å². The molecule has 654 valence electrons. The summed E-state index contributed by atoms with van der Waals surface area (Å²) < 4.78 is 84.4. The number of para-hydroxylation sites is 4. The van der Waals surface area contributed by atoms with Crippen LogP contribution in [-0.4, -0.2) is 210 Å². The minimum atomic E-state index is -4.29. The van der Waals surface area contributed by atoms with Crippen LogP contribution in [0.4, 0.5) is 64.5 Å². The van der Waals surface area contributed by atoms with Crippen LogP contribution in [0.2, 0.25) is 0 Å². The van der Waals surface area contributed by atoms with Crippen LogP contribution in [0.3, 0.4) is 0 Å². The Morgan fingerprint density at radius 3 is 1.25 bits per heavy atom. The van der Waals surface area contributed by atoms with Crippen molar-refractivity contribution in [2.24, 2.45) is 10.3 Å². The number of aliphatic hydroxyl groups excluding tert-OH is 1. The molecule has 8 N–H and O–H groups in total. The topological polar surface area (TPSA) is 333 Å². The highest BCUT2D eigenvalue weighted by Gasteiger charge is 2.36. The van der Waals surface area contributed by atoms with Gasteiger partial charge in [-0.2, -0.15) is 15.8 Å². The third kappa shape index (κ3) is 21.1. The largest absolute Gasteiger partial charge is 0.496 e. The van der Waals surface area contributed by atoms with Crippen LogP contribution in [0.5, 0.6) is 5.75 Å². The van der Waals surface area contributed by atoms with E-state index in [0.717, 1.165) is 151 Å². The van der Waals surface area contributed by atoms with Crippen LogP contribution in [-0.2, 0) is 19.7 Å². The van der Waals surface area contributed by atoms with Gasteiger partial charge in [0.2, 0.25) is 10.0 Å². The molecule has 0 aliphatic carbocycles. The molecule has 1 aromatic heterocycles. The first-order valence-corrected chi connectivity index (χ1v) is 45.4. The molecule has 0 saturated carbocycles. The van der Waals surface area contributed by atoms with E-state index in [-0.39, 0.29) is 86.7 Å². The fourth-order valence-electron chi connectivity index (χ4n) is 17.5. The second-order valence-electron chi connectivity index (χ2n) is 32.6. The van der Waals surface area contributed by atoms with E-state index in [9.17, 15) is 61.1 Å². The maximum Gasteiger partial charge on any atom is 0.257 e. The molecule has 6 saturated heterocycles. The summed E-state index contributed by atoms with van der Waals surface area (Å²) in [6, 6.07) is 53.6. The Kier molecular flexibility index (Phi) is 28.8. The van der Waals surface area contributed by atoms with Gasteiger partial charge in [0.15, 0.2) is 23.3 Å². The summed E-state index contributed by atoms with van der Waals surface area (Å²) in [5, 5.41) is 60.6. The molecule has 9 aromatic rings. The van der Waals surface area contributed by atoms with Gasteiger partial charge in [0.25, 0.3) is 17.7 Å². The zero-order chi connectivity index (χ0) is 89.0. The lowest BCUT2D eigenvalue weighted by atomic mass is 9.99. The maximum absolute atomic E-state index is 14.4. The summed E-state index contributed by atoms with van der Waals surface area (Å²) in [5.41, 5.74) is 15.1. The molecule has 31 heteroatoms. The number of halogens is 3. The molecule has 7 heterocycles. The van der Waals surface area contributed by atoms with Crippen LogP contribution < -0.4 is 60.4 Å². The predicted octanol–water partition coefficient (Wildman–Crippen LogP) is 12.1. The molecule has 0 bridgehead atoms. The Balaban J connectivity index is 0.000000161. The Labute approximate surface area is 730 Å². The minimum Gasteiger partial charge on any atom is -0.496 e. The van der Waals surface area contributed by atoms with Crippen molar-refractivity contribution < 1.29 is 50.0 Å². The summed E-state index contributed by atoms with van der Waals surface area (Å²) in [4.78, 5) is 62.8. The Morgan fingerprint density at radius 2 is 0.832 bits per heavy atom. The number of carbonyl (C=O) groups excluding carboxylic acids is 3. The number of sulfonamides is 1. The van der Waals surface area contributed by atoms with E-state index >= 15 is 0 Å². The number of ether oxygens (including phenoxy) is 1. The number of hydrogen-bond donors (Lipinski definition) is 6. The van der Waals surface area contributed by atoms with Crippen molar-refractivity contribution in [3.05, 3.63) is 243 Å². The second kappa shape index (κ2) is 39.9. The van der Waals surface area contributed by atoms with Gasteiger partial charge in [-0.15, -0.1) is 0 Å². The monoisotopic (exact) mass is 1740 g/mol. The highest BCUT2D eigenvalue weighted by molar-refractivity contribution is 7.98. The van der Waals surface area contributed by atoms with Crippen molar-refractivity contribution in [1.29, 1.82) is 15.8 Å². The Morgan fingerprint density at radius 1 is 0.456 bits per heavy atom. The lowest BCUT2D eigenvalue weighted by Gasteiger charge is -2.41. The predicted molar refractivity (Wildman–Crippen MR) is 486 cm³/mol. The van der Waals surface area contributed by atoms with E-state index in [1.54, 1.807) is 32.8 Å².